The molecule has 3 heterocycles. The van der Waals surface area contributed by atoms with E-state index >= 15 is 0 Å². The average molecular weight is 425 g/mol. The van der Waals surface area contributed by atoms with E-state index in [1.165, 1.54) is 11.8 Å². The van der Waals surface area contributed by atoms with Gasteiger partial charge in [-0.25, -0.2) is 9.67 Å². The van der Waals surface area contributed by atoms with E-state index in [4.69, 9.17) is 5.10 Å². The summed E-state index contributed by atoms with van der Waals surface area (Å²) in [5, 5.41) is 4.91. The molecule has 0 saturated carbocycles. The molecule has 0 spiro atoms. The summed E-state index contributed by atoms with van der Waals surface area (Å²) in [6, 6.07) is 20.5. The minimum Gasteiger partial charge on any atom is -0.335 e. The fourth-order valence-corrected chi connectivity index (χ4v) is 4.00. The molecule has 0 bridgehead atoms. The minimum atomic E-state index is -0.0559. The molecular formula is C25H24N6O. The normalized spacial score (nSPS) is 14.4. The number of hydrogen-bond donors (Lipinski definition) is 0. The molecule has 32 heavy (non-hydrogen) atoms. The molecule has 7 nitrogen and oxygen atoms in total. The molecule has 2 aromatic carbocycles. The van der Waals surface area contributed by atoms with Crippen LogP contribution in [0.5, 0.6) is 0 Å². The predicted molar refractivity (Wildman–Crippen MR) is 122 cm³/mol. The molecule has 4 aromatic rings. The highest BCUT2D eigenvalue weighted by Gasteiger charge is 2.24. The van der Waals surface area contributed by atoms with Gasteiger partial charge in [0.1, 0.15) is 5.69 Å². The van der Waals surface area contributed by atoms with E-state index in [9.17, 15) is 4.79 Å². The molecule has 2 aromatic heterocycles. The Morgan fingerprint density at radius 2 is 1.59 bits per heavy atom. The molecule has 0 N–H and O–H groups in total. The standard InChI is InChI=1S/C25H24N6O/c32-25(23-17-26-11-12-27-23)30-15-13-29(14-16-30)18-21-19-31(22-9-5-2-6-10-22)28-24(21)20-7-3-1-4-8-20/h1-12,17,19H,13-16,18H2. The molecule has 5 rings (SSSR count). The first-order valence-electron chi connectivity index (χ1n) is 10.7. The van der Waals surface area contributed by atoms with Crippen LogP contribution in [0.1, 0.15) is 16.1 Å². The van der Waals surface area contributed by atoms with Crippen molar-refractivity contribution in [3.63, 3.8) is 0 Å². The third-order valence-corrected chi connectivity index (χ3v) is 5.69. The quantitative estimate of drug-likeness (QED) is 0.492. The van der Waals surface area contributed by atoms with Crippen molar-refractivity contribution in [1.29, 1.82) is 0 Å². The van der Waals surface area contributed by atoms with E-state index in [0.29, 0.717) is 18.8 Å². The Kier molecular flexibility index (Phi) is 5.72. The van der Waals surface area contributed by atoms with Crippen LogP contribution in [0.3, 0.4) is 0 Å². The molecule has 0 radical (unpaired) electrons. The molecule has 7 heteroatoms. The number of para-hydroxylation sites is 1. The maximum Gasteiger partial charge on any atom is 0.274 e. The van der Waals surface area contributed by atoms with Crippen molar-refractivity contribution in [2.45, 2.75) is 6.54 Å². The average Bonchev–Trinajstić information content (AvgIpc) is 3.29. The van der Waals surface area contributed by atoms with Gasteiger partial charge in [-0.2, -0.15) is 5.10 Å². The summed E-state index contributed by atoms with van der Waals surface area (Å²) >= 11 is 0. The summed E-state index contributed by atoms with van der Waals surface area (Å²) in [4.78, 5) is 25.0. The molecule has 160 valence electrons. The monoisotopic (exact) mass is 424 g/mol. The van der Waals surface area contributed by atoms with Crippen molar-refractivity contribution < 1.29 is 4.79 Å². The van der Waals surface area contributed by atoms with Gasteiger partial charge in [0.15, 0.2) is 0 Å². The molecule has 0 atom stereocenters. The van der Waals surface area contributed by atoms with Gasteiger partial charge in [0, 0.05) is 62.4 Å². The molecule has 1 fully saturated rings. The van der Waals surface area contributed by atoms with Crippen molar-refractivity contribution in [3.8, 4) is 16.9 Å². The predicted octanol–water partition coefficient (Wildman–Crippen LogP) is 3.29. The second-order valence-electron chi connectivity index (χ2n) is 7.81. The SMILES string of the molecule is O=C(c1cnccn1)N1CCN(Cc2cn(-c3ccccc3)nc2-c2ccccc2)CC1. The lowest BCUT2D eigenvalue weighted by molar-refractivity contribution is 0.0622. The molecule has 0 aliphatic carbocycles. The van der Waals surface area contributed by atoms with Gasteiger partial charge in [-0.15, -0.1) is 0 Å². The molecular weight excluding hydrogens is 400 g/mol. The van der Waals surface area contributed by atoms with Gasteiger partial charge in [0.2, 0.25) is 0 Å². The van der Waals surface area contributed by atoms with Gasteiger partial charge in [-0.05, 0) is 12.1 Å². The first kappa shape index (κ1) is 20.1. The smallest absolute Gasteiger partial charge is 0.274 e. The Morgan fingerprint density at radius 1 is 0.875 bits per heavy atom. The zero-order valence-corrected chi connectivity index (χ0v) is 17.7. The van der Waals surface area contributed by atoms with Gasteiger partial charge < -0.3 is 4.90 Å². The Balaban J connectivity index is 1.33. The zero-order valence-electron chi connectivity index (χ0n) is 17.7. The van der Waals surface area contributed by atoms with Crippen LogP contribution < -0.4 is 0 Å². The number of nitrogens with zero attached hydrogens (tertiary/aromatic N) is 6. The first-order chi connectivity index (χ1) is 15.8. The number of piperazine rings is 1. The van der Waals surface area contributed by atoms with Crippen molar-refractivity contribution >= 4 is 5.91 Å². The summed E-state index contributed by atoms with van der Waals surface area (Å²) in [5.74, 6) is -0.0559. The lowest BCUT2D eigenvalue weighted by Crippen LogP contribution is -2.48. The third-order valence-electron chi connectivity index (χ3n) is 5.69. The number of aromatic nitrogens is 4. The van der Waals surface area contributed by atoms with Crippen molar-refractivity contribution in [2.24, 2.45) is 0 Å². The van der Waals surface area contributed by atoms with Crippen LogP contribution >= 0.6 is 0 Å². The van der Waals surface area contributed by atoms with E-state index in [0.717, 1.165) is 36.6 Å². The number of carbonyl (C=O) groups excluding carboxylic acids is 1. The highest BCUT2D eigenvalue weighted by Crippen LogP contribution is 2.25. The number of hydrogen-bond acceptors (Lipinski definition) is 5. The van der Waals surface area contributed by atoms with Crippen LogP contribution in [-0.4, -0.2) is 61.6 Å². The zero-order chi connectivity index (χ0) is 21.8. The second-order valence-corrected chi connectivity index (χ2v) is 7.81. The van der Waals surface area contributed by atoms with E-state index < -0.39 is 0 Å². The fourth-order valence-electron chi connectivity index (χ4n) is 4.00. The summed E-state index contributed by atoms with van der Waals surface area (Å²) in [6.45, 7) is 3.73. The van der Waals surface area contributed by atoms with E-state index in [1.54, 1.807) is 12.4 Å². The molecule has 1 saturated heterocycles. The van der Waals surface area contributed by atoms with Gasteiger partial charge in [-0.3, -0.25) is 14.7 Å². The Morgan fingerprint density at radius 3 is 2.28 bits per heavy atom. The number of carbonyl (C=O) groups is 1. The third kappa shape index (κ3) is 4.29. The largest absolute Gasteiger partial charge is 0.335 e. The lowest BCUT2D eigenvalue weighted by Gasteiger charge is -2.34. The molecule has 0 unspecified atom stereocenters. The highest BCUT2D eigenvalue weighted by atomic mass is 16.2. The van der Waals surface area contributed by atoms with E-state index in [1.807, 2.05) is 46.0 Å². The number of rotatable bonds is 5. The molecule has 1 aliphatic rings. The molecule has 1 amide bonds. The van der Waals surface area contributed by atoms with Crippen LogP contribution in [0.15, 0.2) is 85.5 Å². The van der Waals surface area contributed by atoms with E-state index in [-0.39, 0.29) is 5.91 Å². The Bertz CT molecular complexity index is 1170. The van der Waals surface area contributed by atoms with Gasteiger partial charge in [0.25, 0.3) is 5.91 Å². The summed E-state index contributed by atoms with van der Waals surface area (Å²) < 4.78 is 1.95. The minimum absolute atomic E-state index is 0.0559. The van der Waals surface area contributed by atoms with Crippen molar-refractivity contribution in [2.75, 3.05) is 26.2 Å². The van der Waals surface area contributed by atoms with Gasteiger partial charge >= 0.3 is 0 Å². The van der Waals surface area contributed by atoms with Crippen molar-refractivity contribution in [3.05, 3.63) is 96.7 Å². The van der Waals surface area contributed by atoms with Crippen LogP contribution in [0.4, 0.5) is 0 Å². The fraction of sp³-hybridized carbons (Fsp3) is 0.200. The summed E-state index contributed by atoms with van der Waals surface area (Å²) in [6.07, 6.45) is 6.78. The lowest BCUT2D eigenvalue weighted by atomic mass is 10.1. The van der Waals surface area contributed by atoms with Crippen LogP contribution in [-0.2, 0) is 6.54 Å². The molecule has 1 aliphatic heterocycles. The van der Waals surface area contributed by atoms with Crippen LogP contribution in [0, 0.1) is 0 Å². The second kappa shape index (κ2) is 9.11. The number of benzene rings is 2. The van der Waals surface area contributed by atoms with Crippen LogP contribution in [0.2, 0.25) is 0 Å². The van der Waals surface area contributed by atoms with Crippen LogP contribution in [0.25, 0.3) is 16.9 Å². The summed E-state index contributed by atoms with van der Waals surface area (Å²) in [7, 11) is 0. The first-order valence-corrected chi connectivity index (χ1v) is 10.7. The highest BCUT2D eigenvalue weighted by molar-refractivity contribution is 5.92. The number of amides is 1. The Hall–Kier alpha value is -3.84. The Labute approximate surface area is 187 Å². The van der Waals surface area contributed by atoms with Crippen molar-refractivity contribution in [1.82, 2.24) is 29.5 Å². The topological polar surface area (TPSA) is 67.2 Å². The maximum absolute atomic E-state index is 12.7. The van der Waals surface area contributed by atoms with Gasteiger partial charge in [0.05, 0.1) is 17.6 Å². The summed E-state index contributed by atoms with van der Waals surface area (Å²) in [5.41, 5.74) is 4.71. The van der Waals surface area contributed by atoms with E-state index in [2.05, 4.69) is 45.3 Å². The maximum atomic E-state index is 12.7. The van der Waals surface area contributed by atoms with Gasteiger partial charge in [-0.1, -0.05) is 48.5 Å².